The Morgan fingerprint density at radius 3 is 2.89 bits per heavy atom. The number of aromatic amines is 1. The number of nitrogens with one attached hydrogen (secondary N) is 2. The van der Waals surface area contributed by atoms with Gasteiger partial charge in [-0.25, -0.2) is 0 Å². The fraction of sp³-hybridized carbons (Fsp3) is 0.474. The van der Waals surface area contributed by atoms with Crippen molar-refractivity contribution in [2.24, 2.45) is 0 Å². The van der Waals surface area contributed by atoms with Crippen LogP contribution in [0.25, 0.3) is 0 Å². The second kappa shape index (κ2) is 8.49. The van der Waals surface area contributed by atoms with E-state index in [9.17, 15) is 14.7 Å². The number of ether oxygens (including phenoxy) is 1. The number of carbonyl (C=O) groups excluding carboxylic acids is 2. The second-order valence-electron chi connectivity index (χ2n) is 7.26. The molecule has 3 heterocycles. The molecular weight excluding hydrogens is 362 g/mol. The molecule has 0 saturated carbocycles. The van der Waals surface area contributed by atoms with E-state index in [1.54, 1.807) is 24.3 Å². The molecule has 1 aliphatic heterocycles. The number of rotatable bonds is 5. The lowest BCUT2D eigenvalue weighted by Crippen LogP contribution is -2.53. The number of hydrogen-bond donors (Lipinski definition) is 3. The van der Waals surface area contributed by atoms with Gasteiger partial charge in [-0.1, -0.05) is 19.9 Å². The highest BCUT2D eigenvalue weighted by molar-refractivity contribution is 5.93. The van der Waals surface area contributed by atoms with Gasteiger partial charge in [0.2, 0.25) is 0 Å². The van der Waals surface area contributed by atoms with Crippen molar-refractivity contribution in [3.8, 4) is 0 Å². The van der Waals surface area contributed by atoms with Crippen LogP contribution in [0.15, 0.2) is 30.5 Å². The van der Waals surface area contributed by atoms with E-state index in [0.717, 1.165) is 5.69 Å². The minimum Gasteiger partial charge on any atom is -0.384 e. The maximum atomic E-state index is 12.8. The molecule has 0 radical (unpaired) electrons. The maximum absolute atomic E-state index is 12.8. The number of H-pyrrole nitrogens is 1. The lowest BCUT2D eigenvalue weighted by atomic mass is 10.0. The largest absolute Gasteiger partial charge is 0.384 e. The lowest BCUT2D eigenvalue weighted by Gasteiger charge is -2.30. The molecule has 1 fully saturated rings. The van der Waals surface area contributed by atoms with Gasteiger partial charge >= 0.3 is 0 Å². The molecule has 9 nitrogen and oxygen atoms in total. The zero-order chi connectivity index (χ0) is 20.1. The quantitative estimate of drug-likeness (QED) is 0.690. The molecule has 28 heavy (non-hydrogen) atoms. The molecule has 2 aromatic heterocycles. The minimum absolute atomic E-state index is 0.0110. The number of aliphatic hydroxyl groups is 1. The summed E-state index contributed by atoms with van der Waals surface area (Å²) in [5, 5.41) is 20.5. The van der Waals surface area contributed by atoms with Gasteiger partial charge in [0.1, 0.15) is 17.0 Å². The van der Waals surface area contributed by atoms with E-state index >= 15 is 0 Å². The summed E-state index contributed by atoms with van der Waals surface area (Å²) in [5.74, 6) is -0.464. The molecule has 0 aromatic carbocycles. The molecule has 0 bridgehead atoms. The number of amides is 2. The summed E-state index contributed by atoms with van der Waals surface area (Å²) < 4.78 is 5.47. The Kier molecular flexibility index (Phi) is 6.05. The van der Waals surface area contributed by atoms with Gasteiger partial charge in [-0.15, -0.1) is 0 Å². The number of β-amino-alcohol motifs (C(OH)–C–C–N with tert-alkyl or cyclic N) is 1. The van der Waals surface area contributed by atoms with Crippen molar-refractivity contribution < 1.29 is 19.4 Å². The summed E-state index contributed by atoms with van der Waals surface area (Å²) in [5.41, 5.74) is 0.0115. The number of carbonyl (C=O) groups is 2. The average Bonchev–Trinajstić information content (AvgIpc) is 3.11. The molecule has 1 aliphatic rings. The summed E-state index contributed by atoms with van der Waals surface area (Å²) in [6.45, 7) is 4.61. The first kappa shape index (κ1) is 20.0. The first-order valence-corrected chi connectivity index (χ1v) is 9.22. The molecule has 3 rings (SSSR count). The molecule has 0 unspecified atom stereocenters. The third-order valence-electron chi connectivity index (χ3n) is 4.56. The summed E-state index contributed by atoms with van der Waals surface area (Å²) in [4.78, 5) is 30.5. The molecular formula is C19H25N5O4. The predicted molar refractivity (Wildman–Crippen MR) is 101 cm³/mol. The Labute approximate surface area is 163 Å². The highest BCUT2D eigenvalue weighted by Crippen LogP contribution is 2.17. The Morgan fingerprint density at radius 2 is 2.21 bits per heavy atom. The van der Waals surface area contributed by atoms with Gasteiger partial charge in [0.25, 0.3) is 11.8 Å². The van der Waals surface area contributed by atoms with E-state index in [-0.39, 0.29) is 37.2 Å². The predicted octanol–water partition coefficient (Wildman–Crippen LogP) is 0.562. The third kappa shape index (κ3) is 4.73. The highest BCUT2D eigenvalue weighted by atomic mass is 16.5. The normalized spacial score (nSPS) is 20.1. The van der Waals surface area contributed by atoms with E-state index in [0.29, 0.717) is 18.8 Å². The van der Waals surface area contributed by atoms with Crippen molar-refractivity contribution in [2.75, 3.05) is 32.8 Å². The minimum atomic E-state index is -1.41. The number of pyridine rings is 1. The van der Waals surface area contributed by atoms with E-state index < -0.39 is 11.5 Å². The van der Waals surface area contributed by atoms with Crippen molar-refractivity contribution >= 4 is 11.8 Å². The Morgan fingerprint density at radius 1 is 1.39 bits per heavy atom. The smallest absolute Gasteiger partial charge is 0.274 e. The van der Waals surface area contributed by atoms with Gasteiger partial charge in [-0.2, -0.15) is 5.10 Å². The van der Waals surface area contributed by atoms with Crippen molar-refractivity contribution in [1.82, 2.24) is 25.4 Å². The van der Waals surface area contributed by atoms with Crippen molar-refractivity contribution in [3.05, 3.63) is 47.5 Å². The van der Waals surface area contributed by atoms with Gasteiger partial charge in [0.05, 0.1) is 26.3 Å². The van der Waals surface area contributed by atoms with Crippen LogP contribution in [0, 0.1) is 0 Å². The fourth-order valence-electron chi connectivity index (χ4n) is 2.93. The molecule has 9 heteroatoms. The summed E-state index contributed by atoms with van der Waals surface area (Å²) in [7, 11) is 0. The maximum Gasteiger partial charge on any atom is 0.274 e. The Hall–Kier alpha value is -2.78. The standard InChI is InChI=1S/C19H25N5O4/c1-13(2)15-9-16(23-22-15)18(26)24-7-8-28-12-19(27,11-24)10-21-17(25)14-5-3-4-6-20-14/h3-6,9,13,27H,7-8,10-12H2,1-2H3,(H,21,25)(H,22,23)/t19-/m1/s1. The van der Waals surface area contributed by atoms with Crippen molar-refractivity contribution in [2.45, 2.75) is 25.4 Å². The van der Waals surface area contributed by atoms with Crippen LogP contribution in [-0.4, -0.2) is 75.5 Å². The van der Waals surface area contributed by atoms with Gasteiger partial charge < -0.3 is 20.1 Å². The van der Waals surface area contributed by atoms with E-state index in [1.165, 1.54) is 11.1 Å². The Balaban J connectivity index is 1.66. The molecule has 0 spiro atoms. The molecule has 1 atom stereocenters. The van der Waals surface area contributed by atoms with Crippen LogP contribution in [0.4, 0.5) is 0 Å². The SMILES string of the molecule is CC(C)c1cc(C(=O)N2CCOC[C@@](O)(CNC(=O)c3ccccn3)C2)n[nH]1. The lowest BCUT2D eigenvalue weighted by molar-refractivity contribution is -0.0324. The topological polar surface area (TPSA) is 120 Å². The molecule has 3 N–H and O–H groups in total. The van der Waals surface area contributed by atoms with E-state index in [4.69, 9.17) is 4.74 Å². The third-order valence-corrected chi connectivity index (χ3v) is 4.56. The number of nitrogens with zero attached hydrogens (tertiary/aromatic N) is 3. The van der Waals surface area contributed by atoms with Crippen LogP contribution in [0.3, 0.4) is 0 Å². The monoisotopic (exact) mass is 387 g/mol. The Bertz CT molecular complexity index is 823. The first-order valence-electron chi connectivity index (χ1n) is 9.22. The summed E-state index contributed by atoms with van der Waals surface area (Å²) >= 11 is 0. The summed E-state index contributed by atoms with van der Waals surface area (Å²) in [6, 6.07) is 6.73. The summed E-state index contributed by atoms with van der Waals surface area (Å²) in [6.07, 6.45) is 1.52. The molecule has 2 aromatic rings. The van der Waals surface area contributed by atoms with Gasteiger partial charge in [0.15, 0.2) is 0 Å². The van der Waals surface area contributed by atoms with Crippen LogP contribution in [0.1, 0.15) is 46.4 Å². The molecule has 1 saturated heterocycles. The second-order valence-corrected chi connectivity index (χ2v) is 7.26. The van der Waals surface area contributed by atoms with Gasteiger partial charge in [-0.3, -0.25) is 19.7 Å². The van der Waals surface area contributed by atoms with Crippen molar-refractivity contribution in [3.63, 3.8) is 0 Å². The fourth-order valence-corrected chi connectivity index (χ4v) is 2.93. The van der Waals surface area contributed by atoms with Crippen LogP contribution < -0.4 is 5.32 Å². The number of hydrogen-bond acceptors (Lipinski definition) is 6. The number of aromatic nitrogens is 3. The van der Waals surface area contributed by atoms with Gasteiger partial charge in [-0.05, 0) is 24.1 Å². The zero-order valence-corrected chi connectivity index (χ0v) is 16.0. The zero-order valence-electron chi connectivity index (χ0n) is 16.0. The molecule has 150 valence electrons. The van der Waals surface area contributed by atoms with Crippen LogP contribution in [0.5, 0.6) is 0 Å². The molecule has 0 aliphatic carbocycles. The van der Waals surface area contributed by atoms with Crippen LogP contribution in [0.2, 0.25) is 0 Å². The van der Waals surface area contributed by atoms with E-state index in [1.807, 2.05) is 13.8 Å². The van der Waals surface area contributed by atoms with E-state index in [2.05, 4.69) is 20.5 Å². The van der Waals surface area contributed by atoms with Crippen LogP contribution in [-0.2, 0) is 4.74 Å². The van der Waals surface area contributed by atoms with Gasteiger partial charge in [0, 0.05) is 18.4 Å². The highest BCUT2D eigenvalue weighted by Gasteiger charge is 2.35. The molecule has 2 amide bonds. The van der Waals surface area contributed by atoms with Crippen molar-refractivity contribution in [1.29, 1.82) is 0 Å². The first-order chi connectivity index (χ1) is 13.4. The van der Waals surface area contributed by atoms with Crippen LogP contribution >= 0.6 is 0 Å². The average molecular weight is 387 g/mol.